The number of cyclic esters (lactones) is 2. The molecule has 0 radical (unpaired) electrons. The third kappa shape index (κ3) is 27.8. The second-order valence-electron chi connectivity index (χ2n) is 21.5. The number of carbonyl (C=O) groups is 9. The number of alkyl carbamates (subject to hydrolysis) is 1. The Hall–Kier alpha value is -6.21. The quantitative estimate of drug-likeness (QED) is 0.0198. The van der Waals surface area contributed by atoms with Crippen molar-refractivity contribution in [2.24, 2.45) is 17.8 Å². The molecule has 0 spiro atoms. The van der Waals surface area contributed by atoms with Gasteiger partial charge in [0.15, 0.2) is 6.10 Å². The summed E-state index contributed by atoms with van der Waals surface area (Å²) in [5, 5.41) is 21.4. The highest BCUT2D eigenvalue weighted by Gasteiger charge is 2.39. The summed E-state index contributed by atoms with van der Waals surface area (Å²) in [7, 11) is -7.27. The topological polar surface area (TPSA) is 370 Å². The summed E-state index contributed by atoms with van der Waals surface area (Å²) in [5.74, 6) is -6.81. The van der Waals surface area contributed by atoms with Crippen LogP contribution in [0.1, 0.15) is 133 Å². The van der Waals surface area contributed by atoms with Crippen LogP contribution in [0.4, 0.5) is 9.59 Å². The van der Waals surface area contributed by atoms with E-state index in [2.05, 4.69) is 30.9 Å². The molecule has 0 fully saturated rings. The van der Waals surface area contributed by atoms with Crippen LogP contribution in [-0.4, -0.2) is 168 Å². The van der Waals surface area contributed by atoms with Crippen molar-refractivity contribution in [3.05, 3.63) is 59.2 Å². The first-order valence-electron chi connectivity index (χ1n) is 28.6. The number of likely N-dealkylation sites (N-methyl/N-ethyl adjacent to an activating group) is 2. The molecule has 27 nitrogen and oxygen atoms in total. The zero-order valence-electron chi connectivity index (χ0n) is 51.0. The van der Waals surface area contributed by atoms with Crippen molar-refractivity contribution in [1.82, 2.24) is 36.4 Å². The Labute approximate surface area is 498 Å². The summed E-state index contributed by atoms with van der Waals surface area (Å²) in [6.45, 7) is 15.3. The molecule has 0 bridgehead atoms. The summed E-state index contributed by atoms with van der Waals surface area (Å²) >= 11 is 0. The van der Waals surface area contributed by atoms with E-state index in [9.17, 15) is 62.1 Å². The molecule has 85 heavy (non-hydrogen) atoms. The Morgan fingerprint density at radius 3 is 1.94 bits per heavy atom. The number of carboxylic acid groups (broad SMARTS) is 1. The molecule has 2 rings (SSSR count). The van der Waals surface area contributed by atoms with Crippen molar-refractivity contribution in [1.29, 1.82) is 0 Å². The number of rotatable bonds is 24. The van der Waals surface area contributed by atoms with Gasteiger partial charge in [0.1, 0.15) is 36.4 Å². The van der Waals surface area contributed by atoms with Crippen molar-refractivity contribution in [2.45, 2.75) is 176 Å². The number of hydrogen-bond acceptors (Lipinski definition) is 17. The molecule has 0 saturated carbocycles. The molecule has 29 heteroatoms. The first kappa shape index (κ1) is 74.9. The van der Waals surface area contributed by atoms with Crippen molar-refractivity contribution in [3.63, 3.8) is 0 Å². The molecule has 0 aromatic heterocycles. The van der Waals surface area contributed by atoms with E-state index in [1.54, 1.807) is 84.9 Å². The van der Waals surface area contributed by atoms with E-state index < -0.39 is 130 Å². The number of ether oxygens (including phenoxy) is 3. The highest BCUT2D eigenvalue weighted by Crippen LogP contribution is 2.60. The Bertz CT molecular complexity index is 2550. The molecule has 480 valence electrons. The largest absolute Gasteiger partial charge is 0.481 e. The van der Waals surface area contributed by atoms with Crippen LogP contribution in [0.2, 0.25) is 0 Å². The van der Waals surface area contributed by atoms with Gasteiger partial charge >= 0.3 is 39.8 Å². The van der Waals surface area contributed by atoms with Gasteiger partial charge in [-0.1, -0.05) is 83.5 Å². The lowest BCUT2D eigenvalue weighted by Crippen LogP contribution is -2.57. The average Bonchev–Trinajstić information content (AvgIpc) is 3.61. The lowest BCUT2D eigenvalue weighted by molar-refractivity contribution is -0.155. The molecule has 2 unspecified atom stereocenters. The molecule has 1 heterocycles. The molecule has 1 aliphatic rings. The number of allylic oxidation sites excluding steroid dienone is 1. The van der Waals surface area contributed by atoms with E-state index in [-0.39, 0.29) is 76.3 Å². The van der Waals surface area contributed by atoms with Crippen LogP contribution in [0.15, 0.2) is 53.6 Å². The maximum absolute atomic E-state index is 14.3. The van der Waals surface area contributed by atoms with Gasteiger partial charge in [0.2, 0.25) is 23.6 Å². The van der Waals surface area contributed by atoms with Crippen LogP contribution in [0.5, 0.6) is 0 Å². The van der Waals surface area contributed by atoms with Crippen LogP contribution in [0.25, 0.3) is 0 Å². The van der Waals surface area contributed by atoms with E-state index in [4.69, 9.17) is 28.4 Å². The predicted octanol–water partition coefficient (Wildman–Crippen LogP) is 5.83. The van der Waals surface area contributed by atoms with Crippen LogP contribution in [0, 0.1) is 17.8 Å². The van der Waals surface area contributed by atoms with Crippen LogP contribution in [0.3, 0.4) is 0 Å². The second kappa shape index (κ2) is 37.4. The van der Waals surface area contributed by atoms with Gasteiger partial charge in [-0.15, -0.1) is 0 Å². The van der Waals surface area contributed by atoms with E-state index in [0.717, 1.165) is 4.90 Å². The van der Waals surface area contributed by atoms with Gasteiger partial charge in [-0.2, -0.15) is 4.31 Å². The fourth-order valence-electron chi connectivity index (χ4n) is 8.60. The number of hydrogen-bond donors (Lipinski definition) is 8. The number of phosphoric ester groups is 2. The fourth-order valence-corrected chi connectivity index (χ4v) is 10.7. The van der Waals surface area contributed by atoms with Gasteiger partial charge < -0.3 is 65.5 Å². The smallest absolute Gasteiger partial charge is 0.465 e. The Morgan fingerprint density at radius 2 is 1.39 bits per heavy atom. The maximum atomic E-state index is 14.3. The third-order valence-electron chi connectivity index (χ3n) is 14.0. The highest BCUT2D eigenvalue weighted by molar-refractivity contribution is 7.61. The minimum Gasteiger partial charge on any atom is -0.465 e. The van der Waals surface area contributed by atoms with Crippen LogP contribution < -0.4 is 26.6 Å². The molecule has 0 saturated heterocycles. The number of esters is 2. The normalized spacial score (nSPS) is 25.0. The number of nitrogens with zero attached hydrogens (tertiary/aromatic N) is 2. The number of unbranched alkanes of at least 4 members (excludes halogenated alkanes) is 4. The molecule has 0 aliphatic carbocycles. The Balaban J connectivity index is 2.45. The van der Waals surface area contributed by atoms with Gasteiger partial charge in [0.25, 0.3) is 5.91 Å². The molecule has 8 N–H and O–H groups in total. The van der Waals surface area contributed by atoms with E-state index in [1.807, 2.05) is 0 Å². The standard InChI is InChI=1S/C56H91N7O20P2/c1-13-36(5)47-50(66)60-41(10)54(70)82-48(37(6)14-2)39(8)44(81-56(73)58-29-21-17-23-31-79-85(76,77)83-84(74,75)78-30-22-16-20-28-57-55(71)72)27-26-38(7)53(69)80-45(32-35(3)4)49(65)59-40(9)51(67)63(12)43(33-42-24-18-15-19-25-42)52(68)62(11)34-46(64)61-47/h14-15,18-19,24-26,35-36,39-41,43-45,47-48,57H,13,16-17,20-23,27-34H2,1-12H3,(H,58,73)(H,59,65)(H,60,66)(H,61,64)(H,71,72)(H,74,75)(H,76,77)/b37-14+,38-26+/t36-,39+,40+,41-,43-,44+,45-,47+,48-/m1/s1. The fraction of sp³-hybridized carbons (Fsp3) is 0.661. The highest BCUT2D eigenvalue weighted by atomic mass is 31.3. The number of phosphoric acid groups is 2. The van der Waals surface area contributed by atoms with Crippen molar-refractivity contribution >= 4 is 69.3 Å². The van der Waals surface area contributed by atoms with E-state index in [1.165, 1.54) is 45.8 Å². The second-order valence-corrected chi connectivity index (χ2v) is 24.6. The van der Waals surface area contributed by atoms with Crippen molar-refractivity contribution < 1.29 is 94.7 Å². The van der Waals surface area contributed by atoms with Crippen molar-refractivity contribution in [3.8, 4) is 0 Å². The van der Waals surface area contributed by atoms with E-state index >= 15 is 0 Å². The molecule has 1 aromatic carbocycles. The van der Waals surface area contributed by atoms with Gasteiger partial charge in [0, 0.05) is 51.5 Å². The van der Waals surface area contributed by atoms with Crippen LogP contribution in [-0.2, 0) is 76.7 Å². The zero-order chi connectivity index (χ0) is 64.2. The molecular weight excluding hydrogens is 1150 g/mol. The van der Waals surface area contributed by atoms with Gasteiger partial charge in [-0.3, -0.25) is 33.0 Å². The van der Waals surface area contributed by atoms with Gasteiger partial charge in [-0.25, -0.2) is 28.3 Å². The molecule has 1 aliphatic heterocycles. The van der Waals surface area contributed by atoms with Gasteiger partial charge in [0.05, 0.1) is 19.8 Å². The number of carbonyl (C=O) groups excluding carboxylic acids is 8. The summed E-state index contributed by atoms with van der Waals surface area (Å²) < 4.78 is 56.3. The third-order valence-corrected chi connectivity index (χ3v) is 16.6. The molecule has 11 atom stereocenters. The van der Waals surface area contributed by atoms with Crippen molar-refractivity contribution in [2.75, 3.05) is 46.9 Å². The Kier molecular flexibility index (Phi) is 32.9. The lowest BCUT2D eigenvalue weighted by Gasteiger charge is -2.33. The maximum Gasteiger partial charge on any atom is 0.481 e. The lowest BCUT2D eigenvalue weighted by atomic mass is 9.90. The predicted molar refractivity (Wildman–Crippen MR) is 312 cm³/mol. The zero-order valence-corrected chi connectivity index (χ0v) is 52.8. The summed E-state index contributed by atoms with van der Waals surface area (Å²) in [4.78, 5) is 144. The Morgan fingerprint density at radius 1 is 0.812 bits per heavy atom. The summed E-state index contributed by atoms with van der Waals surface area (Å²) in [6.07, 6.45) is -0.509. The van der Waals surface area contributed by atoms with E-state index in [0.29, 0.717) is 36.8 Å². The minimum absolute atomic E-state index is 0.00379. The number of nitrogens with one attached hydrogen (secondary N) is 5. The first-order valence-corrected chi connectivity index (χ1v) is 31.6. The summed E-state index contributed by atoms with van der Waals surface area (Å²) in [6, 6.07) is 3.97. The van der Waals surface area contributed by atoms with Gasteiger partial charge in [-0.05, 0) is 103 Å². The monoisotopic (exact) mass is 1240 g/mol. The number of amides is 7. The summed E-state index contributed by atoms with van der Waals surface area (Å²) in [5.41, 5.74) is 1.22. The minimum atomic E-state index is -5.05. The SMILES string of the molecule is C/C=C(\C)[C@H]1OC(=O)[C@@H](C)NC(=O)[C@H]([C@H](C)CC)NC(=O)CN(C)C(=O)[C@@H](Cc2ccccc2)N(C)C(=O)[C@H](C)NC(=O)[C@@H](CC(C)C)OC(=O)/C(C)=C/C[C@H](OC(=O)NCCCCCOP(=O)(O)OP(=O)(O)OCCCCCNC(=O)O)[C@@H]1C. The van der Waals surface area contributed by atoms with Crippen LogP contribution >= 0.6 is 15.6 Å². The average molecular weight is 1240 g/mol. The molecule has 7 amide bonds. The first-order chi connectivity index (χ1) is 39.8. The molecular formula is C56H91N7O20P2. The number of benzene rings is 1. The molecule has 1 aromatic rings.